The number of nitriles is 1. The van der Waals surface area contributed by atoms with Crippen molar-refractivity contribution in [2.24, 2.45) is 14.1 Å². The second kappa shape index (κ2) is 8.51. The molecular formula is C27H20ClN5O2. The molecule has 3 heterocycles. The number of aryl methyl sites for hydroxylation is 2. The molecule has 1 N–H and O–H groups in total. The number of pyridine rings is 2. The number of hydrogen-bond donors (Lipinski definition) is 1. The standard InChI is InChI=1S/C27H20ClN5O2/c1-32-16-30-15-24(32)27(35,19-6-8-21(28)9-7-19)20-11-23-22(18-5-3-4-17(10-18)13-29)12-25(34)33(2)26(23)31-14-20/h3-12,14-16,35H,1-2H3/t27-/m1/s1. The predicted molar refractivity (Wildman–Crippen MR) is 134 cm³/mol. The highest BCUT2D eigenvalue weighted by molar-refractivity contribution is 6.30. The van der Waals surface area contributed by atoms with Crippen LogP contribution in [0.2, 0.25) is 5.02 Å². The molecule has 0 bridgehead atoms. The van der Waals surface area contributed by atoms with Gasteiger partial charge >= 0.3 is 0 Å². The van der Waals surface area contributed by atoms with E-state index in [1.165, 1.54) is 10.6 Å². The topological polar surface area (TPSA) is 96.7 Å². The zero-order valence-corrected chi connectivity index (χ0v) is 19.7. The minimum Gasteiger partial charge on any atom is -0.374 e. The molecular weight excluding hydrogens is 462 g/mol. The molecule has 0 saturated heterocycles. The molecule has 0 amide bonds. The number of fused-ring (bicyclic) bond motifs is 1. The molecule has 0 spiro atoms. The van der Waals surface area contributed by atoms with Crippen molar-refractivity contribution in [3.63, 3.8) is 0 Å². The Morgan fingerprint density at radius 2 is 1.80 bits per heavy atom. The van der Waals surface area contributed by atoms with Crippen LogP contribution in [0.3, 0.4) is 0 Å². The summed E-state index contributed by atoms with van der Waals surface area (Å²) in [5.74, 6) is 0. The second-order valence-electron chi connectivity index (χ2n) is 8.35. The molecule has 0 saturated carbocycles. The monoisotopic (exact) mass is 481 g/mol. The van der Waals surface area contributed by atoms with Gasteiger partial charge in [0, 0.05) is 42.3 Å². The zero-order chi connectivity index (χ0) is 24.7. The Balaban J connectivity index is 1.84. The quantitative estimate of drug-likeness (QED) is 0.416. The molecule has 5 rings (SSSR count). The Hall–Kier alpha value is -4.25. The van der Waals surface area contributed by atoms with E-state index in [0.29, 0.717) is 49.6 Å². The fourth-order valence-electron chi connectivity index (χ4n) is 4.38. The van der Waals surface area contributed by atoms with Crippen molar-refractivity contribution in [2.45, 2.75) is 5.60 Å². The number of halogens is 1. The zero-order valence-electron chi connectivity index (χ0n) is 19.0. The minimum absolute atomic E-state index is 0.227. The molecule has 1 atom stereocenters. The van der Waals surface area contributed by atoms with Crippen LogP contribution in [0.5, 0.6) is 0 Å². The van der Waals surface area contributed by atoms with Crippen molar-refractivity contribution in [2.75, 3.05) is 0 Å². The van der Waals surface area contributed by atoms with Crippen LogP contribution in [-0.2, 0) is 19.7 Å². The molecule has 0 aliphatic rings. The van der Waals surface area contributed by atoms with Gasteiger partial charge in [-0.05, 0) is 47.0 Å². The fraction of sp³-hybridized carbons (Fsp3) is 0.111. The average molecular weight is 482 g/mol. The Kier molecular flexibility index (Phi) is 5.48. The lowest BCUT2D eigenvalue weighted by molar-refractivity contribution is 0.117. The second-order valence-corrected chi connectivity index (χ2v) is 8.79. The number of rotatable bonds is 4. The van der Waals surface area contributed by atoms with Crippen molar-refractivity contribution in [1.29, 1.82) is 5.26 Å². The van der Waals surface area contributed by atoms with Crippen LogP contribution in [0, 0.1) is 11.3 Å². The first kappa shape index (κ1) is 22.5. The van der Waals surface area contributed by atoms with Crippen LogP contribution in [0.1, 0.15) is 22.4 Å². The number of benzene rings is 2. The number of imidazole rings is 1. The van der Waals surface area contributed by atoms with Gasteiger partial charge in [0.25, 0.3) is 5.56 Å². The Bertz CT molecular complexity index is 1680. The first-order valence-electron chi connectivity index (χ1n) is 10.8. The van der Waals surface area contributed by atoms with Gasteiger partial charge in [0.05, 0.1) is 29.9 Å². The van der Waals surface area contributed by atoms with E-state index in [9.17, 15) is 15.2 Å². The smallest absolute Gasteiger partial charge is 0.252 e. The molecule has 7 nitrogen and oxygen atoms in total. The van der Waals surface area contributed by atoms with Gasteiger partial charge in [0.1, 0.15) is 5.65 Å². The third-order valence-corrected chi connectivity index (χ3v) is 6.49. The van der Waals surface area contributed by atoms with Gasteiger partial charge in [-0.25, -0.2) is 9.97 Å². The van der Waals surface area contributed by atoms with Crippen LogP contribution in [0.15, 0.2) is 84.2 Å². The maximum Gasteiger partial charge on any atom is 0.252 e. The van der Waals surface area contributed by atoms with Crippen LogP contribution < -0.4 is 5.56 Å². The third-order valence-electron chi connectivity index (χ3n) is 6.24. The van der Waals surface area contributed by atoms with E-state index in [-0.39, 0.29) is 5.56 Å². The van der Waals surface area contributed by atoms with Crippen molar-refractivity contribution < 1.29 is 5.11 Å². The molecule has 172 valence electrons. The lowest BCUT2D eigenvalue weighted by Gasteiger charge is -2.30. The largest absolute Gasteiger partial charge is 0.374 e. The summed E-state index contributed by atoms with van der Waals surface area (Å²) >= 11 is 6.12. The maximum atomic E-state index is 12.7. The van der Waals surface area contributed by atoms with E-state index in [0.717, 1.165) is 0 Å². The molecule has 8 heteroatoms. The van der Waals surface area contributed by atoms with Crippen molar-refractivity contribution in [3.8, 4) is 17.2 Å². The van der Waals surface area contributed by atoms with E-state index in [1.807, 2.05) is 12.1 Å². The molecule has 3 aromatic heterocycles. The van der Waals surface area contributed by atoms with Gasteiger partial charge in [-0.1, -0.05) is 35.9 Å². The van der Waals surface area contributed by atoms with Gasteiger partial charge < -0.3 is 9.67 Å². The summed E-state index contributed by atoms with van der Waals surface area (Å²) < 4.78 is 3.21. The normalized spacial score (nSPS) is 12.9. The van der Waals surface area contributed by atoms with Crippen LogP contribution in [0.25, 0.3) is 22.2 Å². The summed E-state index contributed by atoms with van der Waals surface area (Å²) in [4.78, 5) is 21.5. The van der Waals surface area contributed by atoms with Crippen molar-refractivity contribution >= 4 is 22.6 Å². The first-order valence-corrected chi connectivity index (χ1v) is 11.2. The predicted octanol–water partition coefficient (Wildman–Crippen LogP) is 4.14. The van der Waals surface area contributed by atoms with Crippen LogP contribution in [-0.4, -0.2) is 24.2 Å². The highest BCUT2D eigenvalue weighted by Crippen LogP contribution is 2.38. The molecule has 0 fully saturated rings. The summed E-state index contributed by atoms with van der Waals surface area (Å²) in [5, 5.41) is 22.8. The summed E-state index contributed by atoms with van der Waals surface area (Å²) in [7, 11) is 3.46. The van der Waals surface area contributed by atoms with E-state index >= 15 is 0 Å². The summed E-state index contributed by atoms with van der Waals surface area (Å²) in [6.07, 6.45) is 4.79. The number of aromatic nitrogens is 4. The number of hydrogen-bond acceptors (Lipinski definition) is 5. The van der Waals surface area contributed by atoms with E-state index in [4.69, 9.17) is 11.6 Å². The maximum absolute atomic E-state index is 12.7. The van der Waals surface area contributed by atoms with Gasteiger partial charge in [-0.3, -0.25) is 9.36 Å². The highest BCUT2D eigenvalue weighted by Gasteiger charge is 2.37. The molecule has 2 aromatic carbocycles. The fourth-order valence-corrected chi connectivity index (χ4v) is 4.50. The minimum atomic E-state index is -1.60. The van der Waals surface area contributed by atoms with Gasteiger partial charge in [-0.15, -0.1) is 0 Å². The lowest BCUT2D eigenvalue weighted by atomic mass is 9.83. The van der Waals surface area contributed by atoms with Crippen molar-refractivity contribution in [3.05, 3.63) is 117 Å². The van der Waals surface area contributed by atoms with Crippen LogP contribution in [0.4, 0.5) is 0 Å². The van der Waals surface area contributed by atoms with Gasteiger partial charge in [-0.2, -0.15) is 5.26 Å². The molecule has 0 aliphatic heterocycles. The van der Waals surface area contributed by atoms with Crippen molar-refractivity contribution in [1.82, 2.24) is 19.1 Å². The van der Waals surface area contributed by atoms with E-state index < -0.39 is 5.60 Å². The summed E-state index contributed by atoms with van der Waals surface area (Å²) in [5.41, 5.74) is 2.07. The molecule has 5 aromatic rings. The van der Waals surface area contributed by atoms with Gasteiger partial charge in [0.2, 0.25) is 0 Å². The molecule has 0 radical (unpaired) electrons. The highest BCUT2D eigenvalue weighted by atomic mass is 35.5. The molecule has 0 unspecified atom stereocenters. The van der Waals surface area contributed by atoms with E-state index in [1.54, 1.807) is 79.8 Å². The van der Waals surface area contributed by atoms with Crippen LogP contribution >= 0.6 is 11.6 Å². The molecule has 0 aliphatic carbocycles. The molecule has 35 heavy (non-hydrogen) atoms. The lowest BCUT2D eigenvalue weighted by Crippen LogP contribution is -2.31. The van der Waals surface area contributed by atoms with Gasteiger partial charge in [0.15, 0.2) is 5.60 Å². The Morgan fingerprint density at radius 1 is 1.03 bits per heavy atom. The first-order chi connectivity index (χ1) is 16.8. The Labute approximate surface area is 206 Å². The number of nitrogens with zero attached hydrogens (tertiary/aromatic N) is 5. The number of aliphatic hydroxyl groups is 1. The summed E-state index contributed by atoms with van der Waals surface area (Å²) in [6.45, 7) is 0. The Morgan fingerprint density at radius 3 is 2.49 bits per heavy atom. The average Bonchev–Trinajstić information content (AvgIpc) is 3.32. The SMILES string of the molecule is Cn1cncc1[C@@](O)(c1ccc(Cl)cc1)c1cnc2c(c1)c(-c1cccc(C#N)c1)cc(=O)n2C. The summed E-state index contributed by atoms with van der Waals surface area (Å²) in [6, 6.07) is 19.5. The van der Waals surface area contributed by atoms with E-state index in [2.05, 4.69) is 16.0 Å². The third kappa shape index (κ3) is 3.69.